The standard InChI is InChI=1S/C12H15ClN2O2/c1-17-11-3-2-9(8-10(11)13)15-7-6-14-5-4-12(15)16/h2-3,8,14H,4-7H2,1H3. The molecular weight excluding hydrogens is 240 g/mol. The van der Waals surface area contributed by atoms with Gasteiger partial charge in [0.15, 0.2) is 0 Å². The predicted octanol–water partition coefficient (Wildman–Crippen LogP) is 1.67. The van der Waals surface area contributed by atoms with Crippen LogP contribution in [-0.2, 0) is 4.79 Å². The van der Waals surface area contributed by atoms with E-state index in [0.717, 1.165) is 18.8 Å². The zero-order valence-electron chi connectivity index (χ0n) is 9.70. The van der Waals surface area contributed by atoms with Crippen LogP contribution < -0.4 is 15.0 Å². The number of benzene rings is 1. The molecule has 0 unspecified atom stereocenters. The molecule has 1 aromatic carbocycles. The lowest BCUT2D eigenvalue weighted by Crippen LogP contribution is -2.32. The Kier molecular flexibility index (Phi) is 3.86. The Balaban J connectivity index is 2.26. The molecule has 1 aromatic rings. The second-order valence-corrected chi connectivity index (χ2v) is 4.27. The first-order valence-electron chi connectivity index (χ1n) is 5.57. The van der Waals surface area contributed by atoms with Crippen LogP contribution in [0, 0.1) is 0 Å². The second kappa shape index (κ2) is 5.38. The monoisotopic (exact) mass is 254 g/mol. The molecule has 5 heteroatoms. The van der Waals surface area contributed by atoms with Gasteiger partial charge in [-0.05, 0) is 18.2 Å². The smallest absolute Gasteiger partial charge is 0.228 e. The van der Waals surface area contributed by atoms with Gasteiger partial charge in [-0.2, -0.15) is 0 Å². The van der Waals surface area contributed by atoms with Crippen LogP contribution in [0.2, 0.25) is 5.02 Å². The molecule has 0 spiro atoms. The molecule has 1 N–H and O–H groups in total. The van der Waals surface area contributed by atoms with Crippen molar-refractivity contribution in [2.24, 2.45) is 0 Å². The molecule has 0 bridgehead atoms. The van der Waals surface area contributed by atoms with E-state index < -0.39 is 0 Å². The lowest BCUT2D eigenvalue weighted by atomic mass is 10.2. The number of hydrogen-bond donors (Lipinski definition) is 1. The van der Waals surface area contributed by atoms with Crippen molar-refractivity contribution in [3.63, 3.8) is 0 Å². The third kappa shape index (κ3) is 2.70. The maximum Gasteiger partial charge on any atom is 0.228 e. The second-order valence-electron chi connectivity index (χ2n) is 3.86. The average Bonchev–Trinajstić information content (AvgIpc) is 2.54. The zero-order chi connectivity index (χ0) is 12.3. The van der Waals surface area contributed by atoms with E-state index >= 15 is 0 Å². The van der Waals surface area contributed by atoms with Gasteiger partial charge in [-0.25, -0.2) is 0 Å². The van der Waals surface area contributed by atoms with E-state index in [9.17, 15) is 4.79 Å². The van der Waals surface area contributed by atoms with Gasteiger partial charge in [0, 0.05) is 31.7 Å². The Morgan fingerprint density at radius 1 is 1.41 bits per heavy atom. The number of carbonyl (C=O) groups excluding carboxylic acids is 1. The van der Waals surface area contributed by atoms with E-state index in [0.29, 0.717) is 23.7 Å². The summed E-state index contributed by atoms with van der Waals surface area (Å²) in [6, 6.07) is 5.40. The molecule has 17 heavy (non-hydrogen) atoms. The molecule has 0 saturated carbocycles. The van der Waals surface area contributed by atoms with Crippen molar-refractivity contribution < 1.29 is 9.53 Å². The third-order valence-electron chi connectivity index (χ3n) is 2.78. The molecule has 4 nitrogen and oxygen atoms in total. The SMILES string of the molecule is COc1ccc(N2CCNCCC2=O)cc1Cl. The summed E-state index contributed by atoms with van der Waals surface area (Å²) in [6.45, 7) is 2.20. The van der Waals surface area contributed by atoms with Crippen LogP contribution in [0.1, 0.15) is 6.42 Å². The highest BCUT2D eigenvalue weighted by atomic mass is 35.5. The Morgan fingerprint density at radius 3 is 2.94 bits per heavy atom. The summed E-state index contributed by atoms with van der Waals surface area (Å²) in [4.78, 5) is 13.6. The summed E-state index contributed by atoms with van der Waals surface area (Å²) in [5, 5.41) is 3.72. The first-order chi connectivity index (χ1) is 8.22. The lowest BCUT2D eigenvalue weighted by Gasteiger charge is -2.21. The fourth-order valence-corrected chi connectivity index (χ4v) is 2.12. The number of hydrogen-bond acceptors (Lipinski definition) is 3. The van der Waals surface area contributed by atoms with E-state index in [1.165, 1.54) is 0 Å². The number of halogens is 1. The molecule has 1 aliphatic rings. The van der Waals surface area contributed by atoms with Crippen molar-refractivity contribution in [3.8, 4) is 5.75 Å². The van der Waals surface area contributed by atoms with Crippen molar-refractivity contribution in [1.29, 1.82) is 0 Å². The number of anilines is 1. The van der Waals surface area contributed by atoms with Gasteiger partial charge in [0.25, 0.3) is 0 Å². The van der Waals surface area contributed by atoms with Gasteiger partial charge in [-0.3, -0.25) is 4.79 Å². The first-order valence-corrected chi connectivity index (χ1v) is 5.95. The molecule has 1 amide bonds. The summed E-state index contributed by atoms with van der Waals surface area (Å²) < 4.78 is 5.09. The summed E-state index contributed by atoms with van der Waals surface area (Å²) >= 11 is 6.06. The molecule has 92 valence electrons. The number of rotatable bonds is 2. The Morgan fingerprint density at radius 2 is 2.24 bits per heavy atom. The van der Waals surface area contributed by atoms with Gasteiger partial charge >= 0.3 is 0 Å². The van der Waals surface area contributed by atoms with Crippen molar-refractivity contribution in [2.45, 2.75) is 6.42 Å². The van der Waals surface area contributed by atoms with Crippen molar-refractivity contribution in [2.75, 3.05) is 31.6 Å². The quantitative estimate of drug-likeness (QED) is 0.873. The lowest BCUT2D eigenvalue weighted by molar-refractivity contribution is -0.118. The van der Waals surface area contributed by atoms with Crippen LogP contribution in [-0.4, -0.2) is 32.7 Å². The van der Waals surface area contributed by atoms with Crippen LogP contribution >= 0.6 is 11.6 Å². The largest absolute Gasteiger partial charge is 0.495 e. The number of methoxy groups -OCH3 is 1. The van der Waals surface area contributed by atoms with Crippen LogP contribution in [0.3, 0.4) is 0 Å². The van der Waals surface area contributed by atoms with Gasteiger partial charge in [-0.1, -0.05) is 11.6 Å². The van der Waals surface area contributed by atoms with Crippen LogP contribution in [0.25, 0.3) is 0 Å². The van der Waals surface area contributed by atoms with E-state index in [2.05, 4.69) is 5.32 Å². The average molecular weight is 255 g/mol. The summed E-state index contributed by atoms with van der Waals surface area (Å²) in [6.07, 6.45) is 0.518. The van der Waals surface area contributed by atoms with Gasteiger partial charge in [-0.15, -0.1) is 0 Å². The van der Waals surface area contributed by atoms with E-state index in [1.54, 1.807) is 24.1 Å². The minimum atomic E-state index is 0.122. The summed E-state index contributed by atoms with van der Waals surface area (Å²) in [5.41, 5.74) is 0.824. The van der Waals surface area contributed by atoms with Gasteiger partial charge < -0.3 is 15.0 Å². The Labute approximate surface area is 106 Å². The van der Waals surface area contributed by atoms with E-state index in [1.807, 2.05) is 6.07 Å². The predicted molar refractivity (Wildman–Crippen MR) is 67.8 cm³/mol. The molecule has 1 heterocycles. The highest BCUT2D eigenvalue weighted by Crippen LogP contribution is 2.29. The molecular formula is C12H15ClN2O2. The maximum absolute atomic E-state index is 11.9. The molecule has 0 aliphatic carbocycles. The molecule has 0 atom stereocenters. The molecule has 1 saturated heterocycles. The summed E-state index contributed by atoms with van der Waals surface area (Å²) in [5.74, 6) is 0.743. The topological polar surface area (TPSA) is 41.6 Å². The zero-order valence-corrected chi connectivity index (χ0v) is 10.5. The van der Waals surface area contributed by atoms with Crippen LogP contribution in [0.15, 0.2) is 18.2 Å². The molecule has 2 rings (SSSR count). The third-order valence-corrected chi connectivity index (χ3v) is 3.07. The maximum atomic E-state index is 11.9. The van der Waals surface area contributed by atoms with E-state index in [4.69, 9.17) is 16.3 Å². The minimum Gasteiger partial charge on any atom is -0.495 e. The fourth-order valence-electron chi connectivity index (χ4n) is 1.87. The number of ether oxygens (including phenoxy) is 1. The van der Waals surface area contributed by atoms with Crippen molar-refractivity contribution in [3.05, 3.63) is 23.2 Å². The van der Waals surface area contributed by atoms with Gasteiger partial charge in [0.05, 0.1) is 12.1 Å². The van der Waals surface area contributed by atoms with Crippen molar-refractivity contribution in [1.82, 2.24) is 5.32 Å². The number of carbonyl (C=O) groups is 1. The normalized spacial score (nSPS) is 16.8. The Bertz CT molecular complexity index is 423. The molecule has 1 fully saturated rings. The molecule has 1 aliphatic heterocycles. The first kappa shape index (κ1) is 12.2. The number of amides is 1. The van der Waals surface area contributed by atoms with Crippen LogP contribution in [0.5, 0.6) is 5.75 Å². The molecule has 0 aromatic heterocycles. The highest BCUT2D eigenvalue weighted by Gasteiger charge is 2.18. The van der Waals surface area contributed by atoms with Gasteiger partial charge in [0.2, 0.25) is 5.91 Å². The summed E-state index contributed by atoms with van der Waals surface area (Å²) in [7, 11) is 1.57. The number of nitrogens with one attached hydrogen (secondary N) is 1. The van der Waals surface area contributed by atoms with Crippen LogP contribution in [0.4, 0.5) is 5.69 Å². The van der Waals surface area contributed by atoms with Crippen molar-refractivity contribution >= 4 is 23.2 Å². The van der Waals surface area contributed by atoms with Gasteiger partial charge in [0.1, 0.15) is 5.75 Å². The minimum absolute atomic E-state index is 0.122. The fraction of sp³-hybridized carbons (Fsp3) is 0.417. The molecule has 0 radical (unpaired) electrons. The highest BCUT2D eigenvalue weighted by molar-refractivity contribution is 6.32. The number of nitrogens with zero attached hydrogens (tertiary/aromatic N) is 1. The Hall–Kier alpha value is -1.26. The van der Waals surface area contributed by atoms with E-state index in [-0.39, 0.29) is 5.91 Å².